The maximum atomic E-state index is 5.37. The number of morpholine rings is 1. The summed E-state index contributed by atoms with van der Waals surface area (Å²) in [7, 11) is 2.16. The lowest BCUT2D eigenvalue weighted by atomic mass is 10.3. The SMILES string of the molecule is CN1CCN(c2ccnc(N3CCOCC3)n2)CC1. The van der Waals surface area contributed by atoms with E-state index in [1.807, 2.05) is 12.3 Å². The van der Waals surface area contributed by atoms with E-state index in [1.165, 1.54) is 0 Å². The summed E-state index contributed by atoms with van der Waals surface area (Å²) in [5.74, 6) is 1.88. The van der Waals surface area contributed by atoms with Gasteiger partial charge in [0.25, 0.3) is 0 Å². The number of nitrogens with zero attached hydrogens (tertiary/aromatic N) is 5. The van der Waals surface area contributed by atoms with E-state index < -0.39 is 0 Å². The molecule has 0 N–H and O–H groups in total. The molecule has 0 aromatic carbocycles. The molecule has 2 aliphatic rings. The summed E-state index contributed by atoms with van der Waals surface area (Å²) in [5, 5.41) is 0. The van der Waals surface area contributed by atoms with Crippen LogP contribution in [0.15, 0.2) is 12.3 Å². The van der Waals surface area contributed by atoms with Gasteiger partial charge in [-0.25, -0.2) is 4.98 Å². The topological polar surface area (TPSA) is 44.7 Å². The summed E-state index contributed by atoms with van der Waals surface area (Å²) < 4.78 is 5.37. The molecule has 3 rings (SSSR count). The fraction of sp³-hybridized carbons (Fsp3) is 0.692. The number of hydrogen-bond donors (Lipinski definition) is 0. The predicted molar refractivity (Wildman–Crippen MR) is 74.8 cm³/mol. The van der Waals surface area contributed by atoms with E-state index in [0.29, 0.717) is 0 Å². The first-order valence-electron chi connectivity index (χ1n) is 6.92. The van der Waals surface area contributed by atoms with Crippen molar-refractivity contribution in [1.29, 1.82) is 0 Å². The maximum Gasteiger partial charge on any atom is 0.227 e. The fourth-order valence-electron chi connectivity index (χ4n) is 2.47. The monoisotopic (exact) mass is 263 g/mol. The summed E-state index contributed by atoms with van der Waals surface area (Å²) in [6, 6.07) is 2.01. The third-order valence-corrected chi connectivity index (χ3v) is 3.75. The molecule has 0 unspecified atom stereocenters. The van der Waals surface area contributed by atoms with E-state index in [-0.39, 0.29) is 0 Å². The molecule has 2 fully saturated rings. The number of ether oxygens (including phenoxy) is 1. The van der Waals surface area contributed by atoms with Gasteiger partial charge in [-0.15, -0.1) is 0 Å². The molecule has 0 saturated carbocycles. The van der Waals surface area contributed by atoms with Gasteiger partial charge in [-0.1, -0.05) is 0 Å². The number of likely N-dealkylation sites (N-methyl/N-ethyl adjacent to an activating group) is 1. The highest BCUT2D eigenvalue weighted by atomic mass is 16.5. The molecule has 6 heteroatoms. The molecule has 0 spiro atoms. The van der Waals surface area contributed by atoms with E-state index >= 15 is 0 Å². The number of hydrogen-bond acceptors (Lipinski definition) is 6. The Morgan fingerprint density at radius 2 is 1.74 bits per heavy atom. The quantitative estimate of drug-likeness (QED) is 0.752. The minimum absolute atomic E-state index is 0.766. The molecular weight excluding hydrogens is 242 g/mol. The largest absolute Gasteiger partial charge is 0.378 e. The Labute approximate surface area is 114 Å². The van der Waals surface area contributed by atoms with Gasteiger partial charge >= 0.3 is 0 Å². The van der Waals surface area contributed by atoms with Gasteiger partial charge in [-0.2, -0.15) is 4.98 Å². The van der Waals surface area contributed by atoms with Gasteiger partial charge in [0, 0.05) is 45.5 Å². The molecule has 0 bridgehead atoms. The second kappa shape index (κ2) is 5.71. The van der Waals surface area contributed by atoms with E-state index in [1.54, 1.807) is 0 Å². The molecular formula is C13H21N5O. The average Bonchev–Trinajstić information content (AvgIpc) is 2.49. The highest BCUT2D eigenvalue weighted by Crippen LogP contribution is 2.17. The van der Waals surface area contributed by atoms with E-state index in [0.717, 1.165) is 64.2 Å². The van der Waals surface area contributed by atoms with Gasteiger partial charge in [0.2, 0.25) is 5.95 Å². The van der Waals surface area contributed by atoms with Crippen LogP contribution in [0.1, 0.15) is 0 Å². The standard InChI is InChI=1S/C13H21N5O/c1-16-4-6-17(7-5-16)12-2-3-14-13(15-12)18-8-10-19-11-9-18/h2-3H,4-11H2,1H3. The van der Waals surface area contributed by atoms with Crippen molar-refractivity contribution >= 4 is 11.8 Å². The van der Waals surface area contributed by atoms with Crippen molar-refractivity contribution in [3.05, 3.63) is 12.3 Å². The molecule has 0 atom stereocenters. The first-order valence-corrected chi connectivity index (χ1v) is 6.92. The Morgan fingerprint density at radius 3 is 2.47 bits per heavy atom. The molecule has 19 heavy (non-hydrogen) atoms. The van der Waals surface area contributed by atoms with Crippen LogP contribution in [0.2, 0.25) is 0 Å². The van der Waals surface area contributed by atoms with Crippen LogP contribution in [0.3, 0.4) is 0 Å². The van der Waals surface area contributed by atoms with Gasteiger partial charge in [-0.05, 0) is 13.1 Å². The fourth-order valence-corrected chi connectivity index (χ4v) is 2.47. The van der Waals surface area contributed by atoms with E-state index in [9.17, 15) is 0 Å². The Balaban J connectivity index is 1.72. The van der Waals surface area contributed by atoms with Crippen LogP contribution in [0.5, 0.6) is 0 Å². The molecule has 2 saturated heterocycles. The van der Waals surface area contributed by atoms with Crippen molar-refractivity contribution in [3.8, 4) is 0 Å². The van der Waals surface area contributed by atoms with Crippen LogP contribution in [0.25, 0.3) is 0 Å². The molecule has 2 aliphatic heterocycles. The van der Waals surface area contributed by atoms with Crippen LogP contribution in [0.4, 0.5) is 11.8 Å². The lowest BCUT2D eigenvalue weighted by Gasteiger charge is -2.34. The summed E-state index contributed by atoms with van der Waals surface area (Å²) in [6.45, 7) is 7.56. The van der Waals surface area contributed by atoms with E-state index in [4.69, 9.17) is 9.72 Å². The number of piperazine rings is 1. The highest BCUT2D eigenvalue weighted by Gasteiger charge is 2.18. The second-order valence-corrected chi connectivity index (χ2v) is 5.10. The Kier molecular flexibility index (Phi) is 3.79. The summed E-state index contributed by atoms with van der Waals surface area (Å²) in [5.41, 5.74) is 0. The third kappa shape index (κ3) is 2.96. The second-order valence-electron chi connectivity index (χ2n) is 5.10. The van der Waals surface area contributed by atoms with E-state index in [2.05, 4.69) is 26.7 Å². The molecule has 0 amide bonds. The maximum absolute atomic E-state index is 5.37. The first kappa shape index (κ1) is 12.6. The normalized spacial score (nSPS) is 21.7. The lowest BCUT2D eigenvalue weighted by molar-refractivity contribution is 0.122. The summed E-state index contributed by atoms with van der Waals surface area (Å²) in [4.78, 5) is 16.0. The van der Waals surface area contributed by atoms with Crippen LogP contribution in [-0.2, 0) is 4.74 Å². The van der Waals surface area contributed by atoms with Gasteiger partial charge in [-0.3, -0.25) is 0 Å². The minimum atomic E-state index is 0.766. The lowest BCUT2D eigenvalue weighted by Crippen LogP contribution is -2.45. The van der Waals surface area contributed by atoms with Crippen LogP contribution < -0.4 is 9.80 Å². The molecule has 1 aromatic rings. The van der Waals surface area contributed by atoms with Crippen molar-refractivity contribution in [2.45, 2.75) is 0 Å². The number of anilines is 2. The zero-order valence-electron chi connectivity index (χ0n) is 11.5. The molecule has 3 heterocycles. The van der Waals surface area contributed by atoms with Crippen molar-refractivity contribution in [3.63, 3.8) is 0 Å². The van der Waals surface area contributed by atoms with Gasteiger partial charge in [0.15, 0.2) is 0 Å². The molecule has 104 valence electrons. The molecule has 0 radical (unpaired) electrons. The summed E-state index contributed by atoms with van der Waals surface area (Å²) >= 11 is 0. The van der Waals surface area contributed by atoms with Crippen molar-refractivity contribution < 1.29 is 4.74 Å². The Hall–Kier alpha value is -1.40. The molecule has 0 aliphatic carbocycles. The Bertz CT molecular complexity index is 413. The van der Waals surface area contributed by atoms with Gasteiger partial charge in [0.1, 0.15) is 5.82 Å². The smallest absolute Gasteiger partial charge is 0.227 e. The van der Waals surface area contributed by atoms with Crippen molar-refractivity contribution in [1.82, 2.24) is 14.9 Å². The third-order valence-electron chi connectivity index (χ3n) is 3.75. The minimum Gasteiger partial charge on any atom is -0.378 e. The summed E-state index contributed by atoms with van der Waals surface area (Å²) in [6.07, 6.45) is 1.87. The Morgan fingerprint density at radius 1 is 1.00 bits per heavy atom. The molecule has 6 nitrogen and oxygen atoms in total. The van der Waals surface area contributed by atoms with Gasteiger partial charge < -0.3 is 19.4 Å². The van der Waals surface area contributed by atoms with Crippen molar-refractivity contribution in [2.75, 3.05) is 69.3 Å². The van der Waals surface area contributed by atoms with Gasteiger partial charge in [0.05, 0.1) is 13.2 Å². The molecule has 1 aromatic heterocycles. The van der Waals surface area contributed by atoms with Crippen molar-refractivity contribution in [2.24, 2.45) is 0 Å². The number of aromatic nitrogens is 2. The first-order chi connectivity index (χ1) is 9.33. The average molecular weight is 263 g/mol. The van der Waals surface area contributed by atoms with Crippen LogP contribution in [0, 0.1) is 0 Å². The van der Waals surface area contributed by atoms with Crippen LogP contribution in [-0.4, -0.2) is 74.4 Å². The highest BCUT2D eigenvalue weighted by molar-refractivity contribution is 5.44. The zero-order chi connectivity index (χ0) is 13.1. The predicted octanol–water partition coefficient (Wildman–Crippen LogP) is 0.0650. The van der Waals surface area contributed by atoms with Crippen LogP contribution >= 0.6 is 0 Å². The zero-order valence-corrected chi connectivity index (χ0v) is 11.5. The number of rotatable bonds is 2.